The van der Waals surface area contributed by atoms with Crippen molar-refractivity contribution < 1.29 is 9.13 Å². The second kappa shape index (κ2) is 7.26. The zero-order valence-electron chi connectivity index (χ0n) is 10.2. The predicted molar refractivity (Wildman–Crippen MR) is 65.2 cm³/mol. The first-order chi connectivity index (χ1) is 7.74. The molecule has 1 aromatic rings. The van der Waals surface area contributed by atoms with Gasteiger partial charge in [-0.1, -0.05) is 38.3 Å². The number of ether oxygens (including phenoxy) is 1. The van der Waals surface area contributed by atoms with Gasteiger partial charge < -0.3 is 4.74 Å². The maximum atomic E-state index is 13.3. The van der Waals surface area contributed by atoms with E-state index in [4.69, 9.17) is 4.74 Å². The molecule has 1 rings (SSSR count). The third-order valence-corrected chi connectivity index (χ3v) is 2.63. The molecule has 16 heavy (non-hydrogen) atoms. The van der Waals surface area contributed by atoms with Crippen molar-refractivity contribution in [1.82, 2.24) is 0 Å². The van der Waals surface area contributed by atoms with Crippen LogP contribution >= 0.6 is 0 Å². The fourth-order valence-electron chi connectivity index (χ4n) is 1.67. The fourth-order valence-corrected chi connectivity index (χ4v) is 1.67. The summed E-state index contributed by atoms with van der Waals surface area (Å²) < 4.78 is 18.8. The van der Waals surface area contributed by atoms with Crippen molar-refractivity contribution in [2.45, 2.75) is 52.1 Å². The molecule has 0 amide bonds. The predicted octanol–water partition coefficient (Wildman–Crippen LogP) is 4.56. The van der Waals surface area contributed by atoms with Gasteiger partial charge in [-0.3, -0.25) is 0 Å². The van der Waals surface area contributed by atoms with E-state index < -0.39 is 0 Å². The molecule has 0 heterocycles. The summed E-state index contributed by atoms with van der Waals surface area (Å²) in [6, 6.07) is 6.58. The Kier molecular flexibility index (Phi) is 5.91. The Labute approximate surface area is 97.6 Å². The minimum atomic E-state index is -0.275. The number of hydrogen-bond acceptors (Lipinski definition) is 1. The Morgan fingerprint density at radius 2 is 1.94 bits per heavy atom. The molecule has 0 saturated heterocycles. The average molecular weight is 224 g/mol. The van der Waals surface area contributed by atoms with Gasteiger partial charge in [0.25, 0.3) is 0 Å². The van der Waals surface area contributed by atoms with Crippen LogP contribution in [0.25, 0.3) is 0 Å². The first-order valence-corrected chi connectivity index (χ1v) is 6.15. The number of hydrogen-bond donors (Lipinski definition) is 0. The standard InChI is InChI=1S/C14H21FO/c1-3-4-5-6-9-12(2)16-14-11-8-7-10-13(14)15/h7-8,10-12H,3-6,9H2,1-2H3. The van der Waals surface area contributed by atoms with Gasteiger partial charge in [-0.05, 0) is 31.9 Å². The van der Waals surface area contributed by atoms with Crippen LogP contribution in [0.2, 0.25) is 0 Å². The van der Waals surface area contributed by atoms with Crippen LogP contribution < -0.4 is 4.74 Å². The van der Waals surface area contributed by atoms with Gasteiger partial charge >= 0.3 is 0 Å². The molecule has 1 aromatic carbocycles. The van der Waals surface area contributed by atoms with E-state index in [9.17, 15) is 4.39 Å². The molecule has 0 bridgehead atoms. The van der Waals surface area contributed by atoms with Gasteiger partial charge in [-0.15, -0.1) is 0 Å². The second-order valence-electron chi connectivity index (χ2n) is 4.21. The highest BCUT2D eigenvalue weighted by Crippen LogP contribution is 2.18. The van der Waals surface area contributed by atoms with Crippen LogP contribution in [0.3, 0.4) is 0 Å². The number of unbranched alkanes of at least 4 members (excludes halogenated alkanes) is 3. The molecule has 0 aromatic heterocycles. The Morgan fingerprint density at radius 3 is 2.62 bits per heavy atom. The minimum Gasteiger partial charge on any atom is -0.488 e. The summed E-state index contributed by atoms with van der Waals surface area (Å²) in [7, 11) is 0. The zero-order chi connectivity index (χ0) is 11.8. The minimum absolute atomic E-state index is 0.0914. The van der Waals surface area contributed by atoms with Gasteiger partial charge in [0.1, 0.15) is 0 Å². The lowest BCUT2D eigenvalue weighted by atomic mass is 10.1. The van der Waals surface area contributed by atoms with Crippen LogP contribution in [0.1, 0.15) is 46.0 Å². The van der Waals surface area contributed by atoms with Gasteiger partial charge in [0.05, 0.1) is 6.10 Å². The van der Waals surface area contributed by atoms with Gasteiger partial charge in [-0.2, -0.15) is 0 Å². The lowest BCUT2D eigenvalue weighted by Crippen LogP contribution is -2.12. The molecule has 0 radical (unpaired) electrons. The Balaban J connectivity index is 2.28. The van der Waals surface area contributed by atoms with Gasteiger partial charge in [0, 0.05) is 0 Å². The lowest BCUT2D eigenvalue weighted by Gasteiger charge is -2.14. The van der Waals surface area contributed by atoms with E-state index in [1.807, 2.05) is 6.92 Å². The highest BCUT2D eigenvalue weighted by atomic mass is 19.1. The summed E-state index contributed by atoms with van der Waals surface area (Å²) in [6.45, 7) is 4.19. The third kappa shape index (κ3) is 4.65. The normalized spacial score (nSPS) is 12.4. The van der Waals surface area contributed by atoms with E-state index in [-0.39, 0.29) is 11.9 Å². The summed E-state index contributed by atoms with van der Waals surface area (Å²) in [6.07, 6.45) is 5.99. The maximum absolute atomic E-state index is 13.3. The van der Waals surface area contributed by atoms with E-state index in [0.717, 1.165) is 12.8 Å². The Hall–Kier alpha value is -1.05. The average Bonchev–Trinajstić information content (AvgIpc) is 2.28. The fraction of sp³-hybridized carbons (Fsp3) is 0.571. The van der Waals surface area contributed by atoms with Crippen LogP contribution in [0.5, 0.6) is 5.75 Å². The summed E-state index contributed by atoms with van der Waals surface area (Å²) in [5.74, 6) is 0.0911. The molecule has 2 heteroatoms. The molecule has 90 valence electrons. The van der Waals surface area contributed by atoms with E-state index in [2.05, 4.69) is 6.92 Å². The van der Waals surface area contributed by atoms with E-state index in [1.54, 1.807) is 18.2 Å². The summed E-state index contributed by atoms with van der Waals surface area (Å²) >= 11 is 0. The van der Waals surface area contributed by atoms with E-state index in [1.165, 1.54) is 25.3 Å². The van der Waals surface area contributed by atoms with Crippen molar-refractivity contribution in [3.05, 3.63) is 30.1 Å². The van der Waals surface area contributed by atoms with Crippen molar-refractivity contribution in [1.29, 1.82) is 0 Å². The van der Waals surface area contributed by atoms with Crippen LogP contribution in [0, 0.1) is 5.82 Å². The molecule has 0 spiro atoms. The topological polar surface area (TPSA) is 9.23 Å². The van der Waals surface area contributed by atoms with Crippen molar-refractivity contribution in [2.24, 2.45) is 0 Å². The highest BCUT2D eigenvalue weighted by Gasteiger charge is 2.07. The van der Waals surface area contributed by atoms with Crippen LogP contribution in [-0.4, -0.2) is 6.10 Å². The van der Waals surface area contributed by atoms with E-state index in [0.29, 0.717) is 5.75 Å². The molecule has 0 saturated carbocycles. The van der Waals surface area contributed by atoms with Gasteiger partial charge in [0.2, 0.25) is 0 Å². The molecule has 0 aliphatic heterocycles. The molecule has 0 N–H and O–H groups in total. The summed E-state index contributed by atoms with van der Waals surface area (Å²) in [5, 5.41) is 0. The monoisotopic (exact) mass is 224 g/mol. The Morgan fingerprint density at radius 1 is 1.19 bits per heavy atom. The summed E-state index contributed by atoms with van der Waals surface area (Å²) in [5.41, 5.74) is 0. The maximum Gasteiger partial charge on any atom is 0.165 e. The SMILES string of the molecule is CCCCCCC(C)Oc1ccccc1F. The van der Waals surface area contributed by atoms with Crippen LogP contribution in [0.4, 0.5) is 4.39 Å². The number of halogens is 1. The molecule has 1 nitrogen and oxygen atoms in total. The van der Waals surface area contributed by atoms with Crippen molar-refractivity contribution in [2.75, 3.05) is 0 Å². The van der Waals surface area contributed by atoms with Gasteiger partial charge in [0.15, 0.2) is 11.6 Å². The quantitative estimate of drug-likeness (QED) is 0.617. The third-order valence-electron chi connectivity index (χ3n) is 2.63. The number of benzene rings is 1. The van der Waals surface area contributed by atoms with E-state index >= 15 is 0 Å². The van der Waals surface area contributed by atoms with Gasteiger partial charge in [-0.25, -0.2) is 4.39 Å². The molecule has 0 aliphatic carbocycles. The zero-order valence-corrected chi connectivity index (χ0v) is 10.2. The molecule has 0 aliphatic rings. The number of para-hydroxylation sites is 1. The first kappa shape index (κ1) is 13.0. The highest BCUT2D eigenvalue weighted by molar-refractivity contribution is 5.23. The molecular formula is C14H21FO. The lowest BCUT2D eigenvalue weighted by molar-refractivity contribution is 0.197. The largest absolute Gasteiger partial charge is 0.488 e. The molecular weight excluding hydrogens is 203 g/mol. The second-order valence-corrected chi connectivity index (χ2v) is 4.21. The Bertz CT molecular complexity index is 299. The molecule has 1 atom stereocenters. The van der Waals surface area contributed by atoms with Crippen molar-refractivity contribution >= 4 is 0 Å². The van der Waals surface area contributed by atoms with Crippen molar-refractivity contribution in [3.63, 3.8) is 0 Å². The van der Waals surface area contributed by atoms with Crippen LogP contribution in [0.15, 0.2) is 24.3 Å². The summed E-state index contributed by atoms with van der Waals surface area (Å²) in [4.78, 5) is 0. The first-order valence-electron chi connectivity index (χ1n) is 6.15. The van der Waals surface area contributed by atoms with Crippen LogP contribution in [-0.2, 0) is 0 Å². The molecule has 0 fully saturated rings. The van der Waals surface area contributed by atoms with Crippen molar-refractivity contribution in [3.8, 4) is 5.75 Å². The smallest absolute Gasteiger partial charge is 0.165 e. The molecule has 1 unspecified atom stereocenters. The number of rotatable bonds is 7.